The minimum absolute atomic E-state index is 0.331. The van der Waals surface area contributed by atoms with Gasteiger partial charge in [-0.3, -0.25) is 14.4 Å². The van der Waals surface area contributed by atoms with E-state index in [0.29, 0.717) is 11.3 Å². The largest absolute Gasteiger partial charge is 0.366 e. The number of rotatable bonds is 2. The van der Waals surface area contributed by atoms with Crippen LogP contribution >= 0.6 is 0 Å². The van der Waals surface area contributed by atoms with E-state index in [2.05, 4.69) is 10.6 Å². The Labute approximate surface area is 91.8 Å². The summed E-state index contributed by atoms with van der Waals surface area (Å²) in [5.74, 6) is -2.06. The van der Waals surface area contributed by atoms with E-state index in [1.54, 1.807) is 0 Å². The molecule has 0 spiro atoms. The van der Waals surface area contributed by atoms with Gasteiger partial charge in [0.25, 0.3) is 0 Å². The number of hydrogen-bond donors (Lipinski definition) is 3. The van der Waals surface area contributed by atoms with Gasteiger partial charge in [0.15, 0.2) is 0 Å². The van der Waals surface area contributed by atoms with E-state index in [-0.39, 0.29) is 0 Å². The molecular formula is C10H11N3O3. The van der Waals surface area contributed by atoms with Crippen LogP contribution in [0.4, 0.5) is 5.69 Å². The number of hydrogen-bond acceptors (Lipinski definition) is 3. The number of primary amides is 1. The van der Waals surface area contributed by atoms with Crippen LogP contribution in [0.15, 0.2) is 24.3 Å². The molecule has 6 heteroatoms. The molecule has 0 unspecified atom stereocenters. The van der Waals surface area contributed by atoms with Crippen molar-refractivity contribution in [2.24, 2.45) is 5.73 Å². The fourth-order valence-corrected chi connectivity index (χ4v) is 1.02. The molecule has 1 aromatic rings. The molecule has 84 valence electrons. The lowest BCUT2D eigenvalue weighted by Crippen LogP contribution is -2.32. The fourth-order valence-electron chi connectivity index (χ4n) is 1.02. The molecule has 4 N–H and O–H groups in total. The van der Waals surface area contributed by atoms with Crippen molar-refractivity contribution in [1.29, 1.82) is 0 Å². The first-order valence-electron chi connectivity index (χ1n) is 4.47. The van der Waals surface area contributed by atoms with Gasteiger partial charge in [-0.2, -0.15) is 0 Å². The van der Waals surface area contributed by atoms with Crippen molar-refractivity contribution in [2.75, 3.05) is 12.4 Å². The molecular weight excluding hydrogens is 210 g/mol. The molecule has 0 aliphatic heterocycles. The number of carbonyl (C=O) groups excluding carboxylic acids is 3. The second-order valence-corrected chi connectivity index (χ2v) is 2.97. The Balaban J connectivity index is 2.72. The summed E-state index contributed by atoms with van der Waals surface area (Å²) in [7, 11) is 1.36. The molecule has 6 nitrogen and oxygen atoms in total. The second-order valence-electron chi connectivity index (χ2n) is 2.97. The van der Waals surface area contributed by atoms with Crippen molar-refractivity contribution in [3.8, 4) is 0 Å². The molecule has 0 radical (unpaired) electrons. The maximum atomic E-state index is 11.1. The Morgan fingerprint density at radius 3 is 2.06 bits per heavy atom. The lowest BCUT2D eigenvalue weighted by molar-refractivity contribution is -0.135. The quantitative estimate of drug-likeness (QED) is 0.585. The second kappa shape index (κ2) is 4.92. The number of carbonyl (C=O) groups is 3. The van der Waals surface area contributed by atoms with Gasteiger partial charge in [0.05, 0.1) is 0 Å². The number of benzene rings is 1. The summed E-state index contributed by atoms with van der Waals surface area (Å²) in [6.45, 7) is 0. The molecule has 0 bridgehead atoms. The highest BCUT2D eigenvalue weighted by Gasteiger charge is 2.11. The maximum absolute atomic E-state index is 11.1. The predicted octanol–water partition coefficient (Wildman–Crippen LogP) is -0.530. The van der Waals surface area contributed by atoms with Crippen molar-refractivity contribution in [2.45, 2.75) is 0 Å². The van der Waals surface area contributed by atoms with E-state index in [1.165, 1.54) is 31.3 Å². The van der Waals surface area contributed by atoms with Crippen LogP contribution in [0.25, 0.3) is 0 Å². The third-order valence-electron chi connectivity index (χ3n) is 1.86. The van der Waals surface area contributed by atoms with Crippen molar-refractivity contribution < 1.29 is 14.4 Å². The summed E-state index contributed by atoms with van der Waals surface area (Å²) < 4.78 is 0. The van der Waals surface area contributed by atoms with Crippen LogP contribution in [0, 0.1) is 0 Å². The zero-order valence-electron chi connectivity index (χ0n) is 8.61. The smallest absolute Gasteiger partial charge is 0.313 e. The van der Waals surface area contributed by atoms with Gasteiger partial charge in [-0.05, 0) is 24.3 Å². The van der Waals surface area contributed by atoms with Gasteiger partial charge in [-0.1, -0.05) is 0 Å². The summed E-state index contributed by atoms with van der Waals surface area (Å²) in [5.41, 5.74) is 5.79. The highest BCUT2D eigenvalue weighted by atomic mass is 16.2. The molecule has 1 rings (SSSR count). The van der Waals surface area contributed by atoms with E-state index < -0.39 is 17.7 Å². The predicted molar refractivity (Wildman–Crippen MR) is 57.7 cm³/mol. The topological polar surface area (TPSA) is 101 Å². The summed E-state index contributed by atoms with van der Waals surface area (Å²) in [5, 5.41) is 4.55. The summed E-state index contributed by atoms with van der Waals surface area (Å²) in [6, 6.07) is 5.89. The van der Waals surface area contributed by atoms with Gasteiger partial charge in [0.2, 0.25) is 5.91 Å². The Bertz CT molecular complexity index is 425. The van der Waals surface area contributed by atoms with Gasteiger partial charge in [-0.15, -0.1) is 0 Å². The van der Waals surface area contributed by atoms with Crippen molar-refractivity contribution in [3.63, 3.8) is 0 Å². The van der Waals surface area contributed by atoms with Crippen molar-refractivity contribution in [3.05, 3.63) is 29.8 Å². The molecule has 0 heterocycles. The molecule has 0 atom stereocenters. The van der Waals surface area contributed by atoms with E-state index >= 15 is 0 Å². The lowest BCUT2D eigenvalue weighted by Gasteiger charge is -2.04. The van der Waals surface area contributed by atoms with Crippen molar-refractivity contribution >= 4 is 23.4 Å². The normalized spacial score (nSPS) is 9.31. The molecule has 0 saturated carbocycles. The molecule has 0 aliphatic carbocycles. The zero-order chi connectivity index (χ0) is 12.1. The number of anilines is 1. The first kappa shape index (κ1) is 11.7. The summed E-state index contributed by atoms with van der Waals surface area (Å²) in [6.07, 6.45) is 0. The number of nitrogens with one attached hydrogen (secondary N) is 2. The van der Waals surface area contributed by atoms with Crippen LogP contribution in [0.5, 0.6) is 0 Å². The Morgan fingerprint density at radius 1 is 1.06 bits per heavy atom. The van der Waals surface area contributed by atoms with Gasteiger partial charge in [-0.25, -0.2) is 0 Å². The number of likely N-dealkylation sites (N-methyl/N-ethyl adjacent to an activating group) is 1. The van der Waals surface area contributed by atoms with Crippen LogP contribution in [0.3, 0.4) is 0 Å². The maximum Gasteiger partial charge on any atom is 0.313 e. The molecule has 1 aromatic carbocycles. The Morgan fingerprint density at radius 2 is 1.62 bits per heavy atom. The molecule has 16 heavy (non-hydrogen) atoms. The lowest BCUT2D eigenvalue weighted by atomic mass is 10.2. The minimum Gasteiger partial charge on any atom is -0.366 e. The SMILES string of the molecule is CNC(=O)C(=O)Nc1ccc(C(N)=O)cc1. The Kier molecular flexibility index (Phi) is 3.60. The molecule has 3 amide bonds. The molecule has 0 aromatic heterocycles. The fraction of sp³-hybridized carbons (Fsp3) is 0.100. The van der Waals surface area contributed by atoms with Gasteiger partial charge >= 0.3 is 11.8 Å². The van der Waals surface area contributed by atoms with Crippen LogP contribution < -0.4 is 16.4 Å². The molecule has 0 saturated heterocycles. The first-order chi connectivity index (χ1) is 7.54. The van der Waals surface area contributed by atoms with Crippen LogP contribution in [0.2, 0.25) is 0 Å². The Hall–Kier alpha value is -2.37. The molecule has 0 aliphatic rings. The highest BCUT2D eigenvalue weighted by Crippen LogP contribution is 2.08. The summed E-state index contributed by atoms with van der Waals surface area (Å²) in [4.78, 5) is 32.8. The average molecular weight is 221 g/mol. The van der Waals surface area contributed by atoms with E-state index in [9.17, 15) is 14.4 Å². The average Bonchev–Trinajstić information content (AvgIpc) is 2.28. The van der Waals surface area contributed by atoms with Gasteiger partial charge < -0.3 is 16.4 Å². The monoisotopic (exact) mass is 221 g/mol. The first-order valence-corrected chi connectivity index (χ1v) is 4.47. The van der Waals surface area contributed by atoms with Crippen molar-refractivity contribution in [1.82, 2.24) is 5.32 Å². The standard InChI is InChI=1S/C10H11N3O3/c1-12-9(15)10(16)13-7-4-2-6(3-5-7)8(11)14/h2-5H,1H3,(H2,11,14)(H,12,15)(H,13,16). The third-order valence-corrected chi connectivity index (χ3v) is 1.86. The zero-order valence-corrected chi connectivity index (χ0v) is 8.61. The van der Waals surface area contributed by atoms with E-state index in [0.717, 1.165) is 0 Å². The van der Waals surface area contributed by atoms with Gasteiger partial charge in [0, 0.05) is 18.3 Å². The van der Waals surface area contributed by atoms with Gasteiger partial charge in [0.1, 0.15) is 0 Å². The number of amides is 3. The third kappa shape index (κ3) is 2.81. The van der Waals surface area contributed by atoms with Crippen LogP contribution in [0.1, 0.15) is 10.4 Å². The van der Waals surface area contributed by atoms with Crippen LogP contribution in [-0.4, -0.2) is 24.8 Å². The summed E-state index contributed by atoms with van der Waals surface area (Å²) >= 11 is 0. The number of nitrogens with two attached hydrogens (primary N) is 1. The van der Waals surface area contributed by atoms with E-state index in [4.69, 9.17) is 5.73 Å². The van der Waals surface area contributed by atoms with E-state index in [1.807, 2.05) is 0 Å². The highest BCUT2D eigenvalue weighted by molar-refractivity contribution is 6.39. The van der Waals surface area contributed by atoms with Crippen LogP contribution in [-0.2, 0) is 9.59 Å². The minimum atomic E-state index is -0.769. The molecule has 0 fully saturated rings.